The Kier molecular flexibility index (Phi) is 3.80. The molecule has 1 aromatic carbocycles. The summed E-state index contributed by atoms with van der Waals surface area (Å²) in [4.78, 5) is 23.5. The summed E-state index contributed by atoms with van der Waals surface area (Å²) in [6.45, 7) is 3.70. The normalized spacial score (nSPS) is 10.2. The zero-order valence-corrected chi connectivity index (χ0v) is 10.8. The van der Waals surface area contributed by atoms with E-state index in [4.69, 9.17) is 9.15 Å². The molecule has 4 nitrogen and oxygen atoms in total. The standard InChI is InChI=1S/C15H14O4/c1-3-18-14(16)12-9-10(2)13(15(17)19-12)11-7-5-4-6-8-11/h4-9H,3H2,1-2H3. The van der Waals surface area contributed by atoms with Crippen molar-refractivity contribution in [3.05, 3.63) is 58.1 Å². The second kappa shape index (κ2) is 5.52. The van der Waals surface area contributed by atoms with E-state index in [-0.39, 0.29) is 12.4 Å². The Hall–Kier alpha value is -2.36. The van der Waals surface area contributed by atoms with Crippen LogP contribution in [0.15, 0.2) is 45.6 Å². The molecule has 4 heteroatoms. The van der Waals surface area contributed by atoms with Gasteiger partial charge in [0, 0.05) is 0 Å². The average Bonchev–Trinajstić information content (AvgIpc) is 2.39. The third-order valence-corrected chi connectivity index (χ3v) is 2.69. The van der Waals surface area contributed by atoms with E-state index in [0.29, 0.717) is 11.1 Å². The molecule has 0 aliphatic carbocycles. The third kappa shape index (κ3) is 2.73. The van der Waals surface area contributed by atoms with Crippen LogP contribution in [-0.4, -0.2) is 12.6 Å². The van der Waals surface area contributed by atoms with E-state index in [1.54, 1.807) is 13.8 Å². The number of hydrogen-bond acceptors (Lipinski definition) is 4. The molecule has 0 spiro atoms. The summed E-state index contributed by atoms with van der Waals surface area (Å²) >= 11 is 0. The van der Waals surface area contributed by atoms with Gasteiger partial charge in [0.25, 0.3) is 0 Å². The quantitative estimate of drug-likeness (QED) is 0.794. The van der Waals surface area contributed by atoms with Crippen molar-refractivity contribution in [1.29, 1.82) is 0 Å². The number of carbonyl (C=O) groups is 1. The van der Waals surface area contributed by atoms with Gasteiger partial charge in [-0.25, -0.2) is 9.59 Å². The fraction of sp³-hybridized carbons (Fsp3) is 0.200. The molecule has 0 amide bonds. The number of benzene rings is 1. The number of esters is 1. The number of aryl methyl sites for hydroxylation is 1. The highest BCUT2D eigenvalue weighted by atomic mass is 16.5. The van der Waals surface area contributed by atoms with Crippen LogP contribution in [0, 0.1) is 6.92 Å². The molecule has 0 atom stereocenters. The molecule has 0 bridgehead atoms. The van der Waals surface area contributed by atoms with Gasteiger partial charge in [-0.2, -0.15) is 0 Å². The molecule has 0 aliphatic rings. The molecular formula is C15H14O4. The summed E-state index contributed by atoms with van der Waals surface area (Å²) in [6, 6.07) is 10.7. The van der Waals surface area contributed by atoms with Crippen molar-refractivity contribution < 1.29 is 13.9 Å². The third-order valence-electron chi connectivity index (χ3n) is 2.69. The summed E-state index contributed by atoms with van der Waals surface area (Å²) in [5.74, 6) is -0.689. The van der Waals surface area contributed by atoms with Crippen molar-refractivity contribution >= 4 is 5.97 Å². The summed E-state index contributed by atoms with van der Waals surface area (Å²) in [6.07, 6.45) is 0. The van der Waals surface area contributed by atoms with Crippen molar-refractivity contribution in [2.45, 2.75) is 13.8 Å². The lowest BCUT2D eigenvalue weighted by atomic mass is 10.0. The smallest absolute Gasteiger partial charge is 0.374 e. The van der Waals surface area contributed by atoms with Crippen molar-refractivity contribution in [2.75, 3.05) is 6.61 Å². The van der Waals surface area contributed by atoms with Crippen molar-refractivity contribution in [3.8, 4) is 11.1 Å². The van der Waals surface area contributed by atoms with Crippen LogP contribution in [0.5, 0.6) is 0 Å². The molecule has 98 valence electrons. The number of hydrogen-bond donors (Lipinski definition) is 0. The van der Waals surface area contributed by atoms with Crippen molar-refractivity contribution in [1.82, 2.24) is 0 Å². The first-order chi connectivity index (χ1) is 9.13. The van der Waals surface area contributed by atoms with Crippen LogP contribution in [0.2, 0.25) is 0 Å². The van der Waals surface area contributed by atoms with E-state index in [9.17, 15) is 9.59 Å². The zero-order chi connectivity index (χ0) is 13.8. The predicted octanol–water partition coefficient (Wildman–Crippen LogP) is 2.79. The van der Waals surface area contributed by atoms with Crippen LogP contribution >= 0.6 is 0 Å². The predicted molar refractivity (Wildman–Crippen MR) is 71.1 cm³/mol. The van der Waals surface area contributed by atoms with Crippen LogP contribution in [-0.2, 0) is 4.74 Å². The Balaban J connectivity index is 2.50. The highest BCUT2D eigenvalue weighted by Gasteiger charge is 2.16. The molecule has 0 radical (unpaired) electrons. The van der Waals surface area contributed by atoms with Gasteiger partial charge in [0.1, 0.15) is 0 Å². The maximum Gasteiger partial charge on any atom is 0.374 e. The molecule has 19 heavy (non-hydrogen) atoms. The van der Waals surface area contributed by atoms with Gasteiger partial charge in [0.05, 0.1) is 12.2 Å². The lowest BCUT2D eigenvalue weighted by molar-refractivity contribution is 0.0484. The van der Waals surface area contributed by atoms with Crippen LogP contribution in [0.3, 0.4) is 0 Å². The molecule has 0 N–H and O–H groups in total. The van der Waals surface area contributed by atoms with Gasteiger partial charge in [0.2, 0.25) is 5.76 Å². The van der Waals surface area contributed by atoms with Gasteiger partial charge in [0.15, 0.2) is 0 Å². The van der Waals surface area contributed by atoms with Gasteiger partial charge in [-0.3, -0.25) is 0 Å². The molecular weight excluding hydrogens is 244 g/mol. The SMILES string of the molecule is CCOC(=O)c1cc(C)c(-c2ccccc2)c(=O)o1. The van der Waals surface area contributed by atoms with Crippen LogP contribution in [0.4, 0.5) is 0 Å². The van der Waals surface area contributed by atoms with Crippen LogP contribution in [0.25, 0.3) is 11.1 Å². The van der Waals surface area contributed by atoms with Crippen LogP contribution in [0.1, 0.15) is 23.0 Å². The molecule has 0 saturated carbocycles. The fourth-order valence-electron chi connectivity index (χ4n) is 1.86. The lowest BCUT2D eigenvalue weighted by Gasteiger charge is -2.06. The van der Waals surface area contributed by atoms with Crippen molar-refractivity contribution in [2.24, 2.45) is 0 Å². The van der Waals surface area contributed by atoms with E-state index in [0.717, 1.165) is 5.56 Å². The molecule has 1 aromatic heterocycles. The number of ether oxygens (including phenoxy) is 1. The molecule has 0 saturated heterocycles. The Morgan fingerprint density at radius 1 is 1.26 bits per heavy atom. The van der Waals surface area contributed by atoms with Crippen molar-refractivity contribution in [3.63, 3.8) is 0 Å². The van der Waals surface area contributed by atoms with Gasteiger partial charge in [-0.05, 0) is 31.0 Å². The topological polar surface area (TPSA) is 56.5 Å². The van der Waals surface area contributed by atoms with E-state index in [1.807, 2.05) is 30.3 Å². The monoisotopic (exact) mass is 258 g/mol. The Morgan fingerprint density at radius 3 is 2.53 bits per heavy atom. The van der Waals surface area contributed by atoms with E-state index in [2.05, 4.69) is 0 Å². The molecule has 0 aliphatic heterocycles. The number of rotatable bonds is 3. The van der Waals surface area contributed by atoms with Gasteiger partial charge >= 0.3 is 11.6 Å². The number of carbonyl (C=O) groups excluding carboxylic acids is 1. The Morgan fingerprint density at radius 2 is 1.95 bits per heavy atom. The molecule has 0 fully saturated rings. The summed E-state index contributed by atoms with van der Waals surface area (Å²) in [7, 11) is 0. The first-order valence-electron chi connectivity index (χ1n) is 6.00. The first kappa shape index (κ1) is 13.1. The Bertz CT molecular complexity index is 641. The van der Waals surface area contributed by atoms with E-state index < -0.39 is 11.6 Å². The lowest BCUT2D eigenvalue weighted by Crippen LogP contribution is -2.12. The van der Waals surface area contributed by atoms with Gasteiger partial charge < -0.3 is 9.15 Å². The molecule has 2 rings (SSSR count). The molecule has 2 aromatic rings. The fourth-order valence-corrected chi connectivity index (χ4v) is 1.86. The minimum Gasteiger partial charge on any atom is -0.460 e. The maximum absolute atomic E-state index is 12.0. The summed E-state index contributed by atoms with van der Waals surface area (Å²) in [5, 5.41) is 0. The highest BCUT2D eigenvalue weighted by Crippen LogP contribution is 2.20. The van der Waals surface area contributed by atoms with Gasteiger partial charge in [-0.1, -0.05) is 30.3 Å². The molecule has 0 unspecified atom stereocenters. The largest absolute Gasteiger partial charge is 0.460 e. The highest BCUT2D eigenvalue weighted by molar-refractivity contribution is 5.87. The van der Waals surface area contributed by atoms with Gasteiger partial charge in [-0.15, -0.1) is 0 Å². The zero-order valence-electron chi connectivity index (χ0n) is 10.8. The summed E-state index contributed by atoms with van der Waals surface area (Å²) < 4.78 is 9.84. The van der Waals surface area contributed by atoms with E-state index in [1.165, 1.54) is 6.07 Å². The average molecular weight is 258 g/mol. The minimum absolute atomic E-state index is 0.0657. The minimum atomic E-state index is -0.623. The van der Waals surface area contributed by atoms with Crippen LogP contribution < -0.4 is 5.63 Å². The van der Waals surface area contributed by atoms with E-state index >= 15 is 0 Å². The summed E-state index contributed by atoms with van der Waals surface area (Å²) in [5.41, 5.74) is 1.39. The Labute approximate surface area is 110 Å². The second-order valence-corrected chi connectivity index (χ2v) is 4.04. The second-order valence-electron chi connectivity index (χ2n) is 4.04. The maximum atomic E-state index is 12.0. The molecule has 1 heterocycles. The first-order valence-corrected chi connectivity index (χ1v) is 6.00.